The lowest BCUT2D eigenvalue weighted by molar-refractivity contribution is -0.143. The minimum absolute atomic E-state index is 0.00747. The molecule has 0 saturated carbocycles. The summed E-state index contributed by atoms with van der Waals surface area (Å²) in [4.78, 5) is 24.6. The van der Waals surface area contributed by atoms with Crippen LogP contribution in [0, 0.1) is 0 Å². The number of nitrogens with one attached hydrogen (secondary N) is 1. The highest BCUT2D eigenvalue weighted by atomic mass is 16.5. The van der Waals surface area contributed by atoms with E-state index < -0.39 is 12.1 Å². The number of ether oxygens (including phenoxy) is 1. The SMILES string of the molecule is CCCC/C=C\C/C=C\CCCCCCCC(=O)OCCCCCCCCCCCCCCCCCCCCCCCCCCCCCCCCCCCC(=O)NC(CO)C(O)/C=C/CCCCCCCCCCCCCCCCCCCCCCCCC. The summed E-state index contributed by atoms with van der Waals surface area (Å²) in [5, 5.41) is 23.3. The monoisotopic (exact) mass is 1250 g/mol. The summed E-state index contributed by atoms with van der Waals surface area (Å²) in [7, 11) is 0. The van der Waals surface area contributed by atoms with Crippen molar-refractivity contribution in [3.63, 3.8) is 0 Å². The summed E-state index contributed by atoms with van der Waals surface area (Å²) >= 11 is 0. The Morgan fingerprint density at radius 2 is 0.573 bits per heavy atom. The van der Waals surface area contributed by atoms with Crippen molar-refractivity contribution in [3.05, 3.63) is 36.5 Å². The van der Waals surface area contributed by atoms with Crippen molar-refractivity contribution in [1.82, 2.24) is 5.32 Å². The predicted molar refractivity (Wildman–Crippen MR) is 393 cm³/mol. The van der Waals surface area contributed by atoms with Gasteiger partial charge >= 0.3 is 5.97 Å². The first kappa shape index (κ1) is 87.1. The van der Waals surface area contributed by atoms with E-state index in [-0.39, 0.29) is 18.5 Å². The van der Waals surface area contributed by atoms with Gasteiger partial charge in [0.05, 0.1) is 25.4 Å². The van der Waals surface area contributed by atoms with Crippen molar-refractivity contribution in [2.75, 3.05) is 13.2 Å². The number of aliphatic hydroxyl groups excluding tert-OH is 2. The van der Waals surface area contributed by atoms with Gasteiger partial charge in [0.2, 0.25) is 5.91 Å². The zero-order chi connectivity index (χ0) is 64.2. The van der Waals surface area contributed by atoms with Crippen LogP contribution in [-0.4, -0.2) is 47.4 Å². The molecule has 0 aliphatic carbocycles. The molecule has 1 amide bonds. The van der Waals surface area contributed by atoms with E-state index >= 15 is 0 Å². The maximum absolute atomic E-state index is 12.6. The third kappa shape index (κ3) is 75.0. The molecule has 0 rings (SSSR count). The first-order valence-electron chi connectivity index (χ1n) is 40.8. The zero-order valence-electron chi connectivity index (χ0n) is 60.4. The molecule has 0 aliphatic heterocycles. The topological polar surface area (TPSA) is 95.9 Å². The second kappa shape index (κ2) is 78.5. The number of hydrogen-bond donors (Lipinski definition) is 3. The number of rotatable bonds is 77. The fourth-order valence-electron chi connectivity index (χ4n) is 13.0. The van der Waals surface area contributed by atoms with Crippen LogP contribution in [0.1, 0.15) is 457 Å². The van der Waals surface area contributed by atoms with Crippen LogP contribution in [0.25, 0.3) is 0 Å². The molecule has 6 nitrogen and oxygen atoms in total. The van der Waals surface area contributed by atoms with E-state index in [2.05, 4.69) is 43.5 Å². The lowest BCUT2D eigenvalue weighted by Gasteiger charge is -2.20. The van der Waals surface area contributed by atoms with Crippen LogP contribution >= 0.6 is 0 Å². The van der Waals surface area contributed by atoms with Crippen LogP contribution in [0.3, 0.4) is 0 Å². The van der Waals surface area contributed by atoms with Crippen molar-refractivity contribution in [1.29, 1.82) is 0 Å². The van der Waals surface area contributed by atoms with E-state index in [4.69, 9.17) is 4.74 Å². The summed E-state index contributed by atoms with van der Waals surface area (Å²) in [6, 6.07) is -0.626. The Hall–Kier alpha value is -1.92. The molecule has 2 unspecified atom stereocenters. The van der Waals surface area contributed by atoms with Gasteiger partial charge in [0.15, 0.2) is 0 Å². The molecule has 0 heterocycles. The molecule has 89 heavy (non-hydrogen) atoms. The highest BCUT2D eigenvalue weighted by Crippen LogP contribution is 2.20. The normalized spacial score (nSPS) is 12.6. The summed E-state index contributed by atoms with van der Waals surface area (Å²) < 4.78 is 5.49. The molecule has 0 aromatic rings. The number of carbonyl (C=O) groups is 2. The first-order valence-corrected chi connectivity index (χ1v) is 40.8. The third-order valence-corrected chi connectivity index (χ3v) is 19.2. The average molecular weight is 1250 g/mol. The van der Waals surface area contributed by atoms with Crippen molar-refractivity contribution < 1.29 is 24.5 Å². The molecule has 0 saturated heterocycles. The van der Waals surface area contributed by atoms with Gasteiger partial charge in [0.25, 0.3) is 0 Å². The van der Waals surface area contributed by atoms with Crippen LogP contribution in [0.5, 0.6) is 0 Å². The fourth-order valence-corrected chi connectivity index (χ4v) is 13.0. The number of hydrogen-bond acceptors (Lipinski definition) is 5. The largest absolute Gasteiger partial charge is 0.466 e. The summed E-state index contributed by atoms with van der Waals surface area (Å²) in [6.45, 7) is 4.91. The van der Waals surface area contributed by atoms with Crippen molar-refractivity contribution in [2.45, 2.75) is 469 Å². The Kier molecular flexibility index (Phi) is 76.8. The van der Waals surface area contributed by atoms with Crippen LogP contribution in [0.2, 0.25) is 0 Å². The van der Waals surface area contributed by atoms with E-state index in [9.17, 15) is 19.8 Å². The number of esters is 1. The maximum atomic E-state index is 12.6. The van der Waals surface area contributed by atoms with E-state index in [1.807, 2.05) is 6.08 Å². The van der Waals surface area contributed by atoms with Crippen LogP contribution in [0.4, 0.5) is 0 Å². The Bertz CT molecular complexity index is 1440. The van der Waals surface area contributed by atoms with Crippen LogP contribution < -0.4 is 5.32 Å². The average Bonchev–Trinajstić information content (AvgIpc) is 3.68. The Morgan fingerprint density at radius 3 is 0.888 bits per heavy atom. The Balaban J connectivity index is 3.35. The minimum atomic E-state index is -0.843. The number of carbonyl (C=O) groups excluding carboxylic acids is 2. The number of unbranched alkanes of at least 4 members (excludes halogenated alkanes) is 62. The van der Waals surface area contributed by atoms with E-state index in [1.54, 1.807) is 6.08 Å². The highest BCUT2D eigenvalue weighted by Gasteiger charge is 2.18. The predicted octanol–water partition coefficient (Wildman–Crippen LogP) is 27.0. The molecule has 0 radical (unpaired) electrons. The molecule has 526 valence electrons. The van der Waals surface area contributed by atoms with Crippen molar-refractivity contribution in [2.24, 2.45) is 0 Å². The summed E-state index contributed by atoms with van der Waals surface area (Å²) in [5.41, 5.74) is 0. The second-order valence-electron chi connectivity index (χ2n) is 28.1. The van der Waals surface area contributed by atoms with Gasteiger partial charge in [-0.3, -0.25) is 9.59 Å². The van der Waals surface area contributed by atoms with Gasteiger partial charge in [-0.25, -0.2) is 0 Å². The van der Waals surface area contributed by atoms with Crippen LogP contribution in [0.15, 0.2) is 36.5 Å². The maximum Gasteiger partial charge on any atom is 0.305 e. The summed E-state index contributed by atoms with van der Waals surface area (Å²) in [6.07, 6.45) is 103. The molecule has 0 aromatic carbocycles. The quantitative estimate of drug-likeness (QED) is 0.0320. The van der Waals surface area contributed by atoms with Gasteiger partial charge in [-0.15, -0.1) is 0 Å². The highest BCUT2D eigenvalue weighted by molar-refractivity contribution is 5.76. The molecule has 2 atom stereocenters. The zero-order valence-corrected chi connectivity index (χ0v) is 60.4. The van der Waals surface area contributed by atoms with Crippen molar-refractivity contribution >= 4 is 11.9 Å². The minimum Gasteiger partial charge on any atom is -0.466 e. The standard InChI is InChI=1S/C83H159NO5/c1-3-5-7-9-11-13-15-17-19-20-21-22-23-33-36-39-42-45-48-51-55-59-63-67-71-75-81(86)80(79-85)84-82(87)76-72-68-64-60-56-52-49-46-43-40-37-34-31-29-27-25-24-26-28-30-32-35-38-41-44-47-50-54-58-62-66-70-74-78-89-83(88)77-73-69-65-61-57-53-18-16-14-12-10-8-6-4-2/h10,12,16,18,71,75,80-81,85-86H,3-9,11,13-15,17,19-70,72-74,76-79H2,1-2H3,(H,84,87)/b12-10-,18-16-,75-71+. The molecule has 0 fully saturated rings. The molecular weight excluding hydrogens is 1090 g/mol. The van der Waals surface area contributed by atoms with E-state index in [0.29, 0.717) is 19.4 Å². The van der Waals surface area contributed by atoms with E-state index in [0.717, 1.165) is 51.4 Å². The molecule has 6 heteroatoms. The number of amides is 1. The molecule has 0 bridgehead atoms. The van der Waals surface area contributed by atoms with Gasteiger partial charge in [0, 0.05) is 12.8 Å². The number of allylic oxidation sites excluding steroid dienone is 5. The van der Waals surface area contributed by atoms with E-state index in [1.165, 1.54) is 379 Å². The molecule has 0 spiro atoms. The lowest BCUT2D eigenvalue weighted by atomic mass is 10.0. The van der Waals surface area contributed by atoms with Gasteiger partial charge in [0.1, 0.15) is 0 Å². The van der Waals surface area contributed by atoms with Gasteiger partial charge in [-0.2, -0.15) is 0 Å². The molecular formula is C83H159NO5. The fraction of sp³-hybridized carbons (Fsp3) is 0.904. The van der Waals surface area contributed by atoms with Crippen molar-refractivity contribution in [3.8, 4) is 0 Å². The van der Waals surface area contributed by atoms with Gasteiger partial charge < -0.3 is 20.3 Å². The Labute approximate surface area is 557 Å². The van der Waals surface area contributed by atoms with Gasteiger partial charge in [-0.1, -0.05) is 423 Å². The number of aliphatic hydroxyl groups is 2. The summed E-state index contributed by atoms with van der Waals surface area (Å²) in [5.74, 6) is -0.0504. The lowest BCUT2D eigenvalue weighted by Crippen LogP contribution is -2.45. The molecule has 3 N–H and O–H groups in total. The van der Waals surface area contributed by atoms with Crippen LogP contribution in [-0.2, 0) is 14.3 Å². The van der Waals surface area contributed by atoms with Gasteiger partial charge in [-0.05, 0) is 57.8 Å². The smallest absolute Gasteiger partial charge is 0.305 e. The Morgan fingerprint density at radius 1 is 0.315 bits per heavy atom. The second-order valence-corrected chi connectivity index (χ2v) is 28.1. The third-order valence-electron chi connectivity index (χ3n) is 19.2. The molecule has 0 aromatic heterocycles. The molecule has 0 aliphatic rings. The first-order chi connectivity index (χ1) is 44.0.